The van der Waals surface area contributed by atoms with E-state index in [0.717, 1.165) is 6.92 Å². The lowest BCUT2D eigenvalue weighted by atomic mass is 9.70. The lowest BCUT2D eigenvalue weighted by Gasteiger charge is -2.50. The Morgan fingerprint density at radius 1 is 0.600 bits per heavy atom. The van der Waals surface area contributed by atoms with Gasteiger partial charge in [-0.15, -0.1) is 0 Å². The van der Waals surface area contributed by atoms with E-state index >= 15 is 4.39 Å². The maximum absolute atomic E-state index is 15.0. The molecule has 0 amide bonds. The first-order valence-corrected chi connectivity index (χ1v) is 8.71. The largest absolute Gasteiger partial charge is 0.448 e. The summed E-state index contributed by atoms with van der Waals surface area (Å²) in [7, 11) is 0. The van der Waals surface area contributed by atoms with E-state index in [2.05, 4.69) is 9.47 Å². The predicted molar refractivity (Wildman–Crippen MR) is 74.8 cm³/mol. The molecule has 0 aromatic rings. The Hall–Kier alpha value is -1.34. The molecule has 2 nitrogen and oxygen atoms in total. The highest BCUT2D eigenvalue weighted by molar-refractivity contribution is 5.18. The van der Waals surface area contributed by atoms with E-state index in [1.165, 1.54) is 0 Å². The second kappa shape index (κ2) is 8.61. The molecule has 35 heavy (non-hydrogen) atoms. The Bertz CT molecular complexity index is 668. The third-order valence-corrected chi connectivity index (χ3v) is 5.36. The summed E-state index contributed by atoms with van der Waals surface area (Å²) in [6.07, 6.45) is -41.1. The van der Waals surface area contributed by atoms with Crippen molar-refractivity contribution < 1.29 is 88.5 Å². The molecule has 0 spiro atoms. The van der Waals surface area contributed by atoms with Crippen LogP contribution in [0.1, 0.15) is 13.3 Å². The average Bonchev–Trinajstić information content (AvgIpc) is 2.56. The van der Waals surface area contributed by atoms with Crippen molar-refractivity contribution in [3.8, 4) is 0 Å². The second-order valence-electron chi connectivity index (χ2n) is 7.63. The SMILES string of the molecule is CCC1(COC(F)(C(C(F)(C(F)(F)F)C(F)(F)F)C(F)(C(F)(F)F)C(F)(F)F)C(F)(F)F)COC1. The van der Waals surface area contributed by atoms with E-state index in [1.807, 2.05) is 0 Å². The Labute approximate surface area is 182 Å². The molecule has 210 valence electrons. The van der Waals surface area contributed by atoms with E-state index in [-0.39, 0.29) is 0 Å². The third kappa shape index (κ3) is 4.84. The number of halogens is 18. The molecule has 0 aromatic carbocycles. The molecule has 1 aliphatic rings. The first-order valence-electron chi connectivity index (χ1n) is 8.71. The highest BCUT2D eigenvalue weighted by Crippen LogP contribution is 2.67. The van der Waals surface area contributed by atoms with Crippen LogP contribution in [0.3, 0.4) is 0 Å². The zero-order valence-corrected chi connectivity index (χ0v) is 16.5. The molecular weight excluding hydrogens is 554 g/mol. The summed E-state index contributed by atoms with van der Waals surface area (Å²) >= 11 is 0. The van der Waals surface area contributed by atoms with Crippen molar-refractivity contribution in [2.75, 3.05) is 19.8 Å². The Balaban J connectivity index is 4.20. The van der Waals surface area contributed by atoms with Gasteiger partial charge in [0.25, 0.3) is 0 Å². The Morgan fingerprint density at radius 2 is 0.914 bits per heavy atom. The summed E-state index contributed by atoms with van der Waals surface area (Å²) in [5, 5.41) is 0. The minimum Gasteiger partial charge on any atom is -0.380 e. The Kier molecular flexibility index (Phi) is 7.80. The number of rotatable bonds is 7. The lowest BCUT2D eigenvalue weighted by Crippen LogP contribution is -2.78. The van der Waals surface area contributed by atoms with Crippen molar-refractivity contribution in [3.63, 3.8) is 0 Å². The molecule has 0 aliphatic carbocycles. The first kappa shape index (κ1) is 31.7. The van der Waals surface area contributed by atoms with Gasteiger partial charge in [0.05, 0.1) is 19.8 Å². The quantitative estimate of drug-likeness (QED) is 0.311. The molecule has 1 rings (SSSR count). The second-order valence-corrected chi connectivity index (χ2v) is 7.63. The van der Waals surface area contributed by atoms with Crippen LogP contribution in [0.2, 0.25) is 0 Å². The van der Waals surface area contributed by atoms with Crippen molar-refractivity contribution >= 4 is 0 Å². The zero-order chi connectivity index (χ0) is 28.3. The molecule has 0 N–H and O–H groups in total. The van der Waals surface area contributed by atoms with Crippen molar-refractivity contribution in [1.29, 1.82) is 0 Å². The molecule has 20 heteroatoms. The van der Waals surface area contributed by atoms with Crippen molar-refractivity contribution in [2.24, 2.45) is 11.3 Å². The predicted octanol–water partition coefficient (Wildman–Crippen LogP) is 6.94. The van der Waals surface area contributed by atoms with Gasteiger partial charge < -0.3 is 9.47 Å². The van der Waals surface area contributed by atoms with E-state index < -0.39 is 85.6 Å². The normalized spacial score (nSPS) is 20.6. The maximum Gasteiger partial charge on any atom is 0.448 e. The summed E-state index contributed by atoms with van der Waals surface area (Å²) in [4.78, 5) is 0. The number of hydrogen-bond acceptors (Lipinski definition) is 2. The molecule has 0 aromatic heterocycles. The molecule has 1 atom stereocenters. The van der Waals surface area contributed by atoms with Crippen molar-refractivity contribution in [3.05, 3.63) is 0 Å². The zero-order valence-electron chi connectivity index (χ0n) is 16.5. The highest BCUT2D eigenvalue weighted by Gasteiger charge is 2.95. The van der Waals surface area contributed by atoms with Crippen LogP contribution in [0.4, 0.5) is 79.0 Å². The third-order valence-electron chi connectivity index (χ3n) is 5.36. The molecule has 1 saturated heterocycles. The van der Waals surface area contributed by atoms with Crippen molar-refractivity contribution in [1.82, 2.24) is 0 Å². The van der Waals surface area contributed by atoms with Gasteiger partial charge in [0.1, 0.15) is 5.92 Å². The summed E-state index contributed by atoms with van der Waals surface area (Å²) in [5.41, 5.74) is -18.9. The van der Waals surface area contributed by atoms with Gasteiger partial charge in [-0.3, -0.25) is 0 Å². The minimum absolute atomic E-state index is 0.510. The van der Waals surface area contributed by atoms with Crippen LogP contribution in [0.5, 0.6) is 0 Å². The van der Waals surface area contributed by atoms with E-state index in [1.54, 1.807) is 0 Å². The fraction of sp³-hybridized carbons (Fsp3) is 1.00. The van der Waals surface area contributed by atoms with E-state index in [0.29, 0.717) is 0 Å². The molecule has 0 bridgehead atoms. The van der Waals surface area contributed by atoms with Crippen molar-refractivity contribution in [2.45, 2.75) is 61.4 Å². The smallest absolute Gasteiger partial charge is 0.380 e. The molecule has 0 radical (unpaired) electrons. The van der Waals surface area contributed by atoms with E-state index in [4.69, 9.17) is 0 Å². The fourth-order valence-electron chi connectivity index (χ4n) is 3.13. The van der Waals surface area contributed by atoms with Gasteiger partial charge in [0.2, 0.25) is 0 Å². The topological polar surface area (TPSA) is 18.5 Å². The van der Waals surface area contributed by atoms with Crippen LogP contribution in [0.25, 0.3) is 0 Å². The average molecular weight is 566 g/mol. The van der Waals surface area contributed by atoms with Gasteiger partial charge >= 0.3 is 48.1 Å². The minimum atomic E-state index is -8.44. The molecule has 1 unspecified atom stereocenters. The van der Waals surface area contributed by atoms with Gasteiger partial charge in [0, 0.05) is 5.41 Å². The Morgan fingerprint density at radius 3 is 1.09 bits per heavy atom. The van der Waals surface area contributed by atoms with Gasteiger partial charge in [-0.1, -0.05) is 6.92 Å². The van der Waals surface area contributed by atoms with Crippen LogP contribution in [-0.2, 0) is 9.47 Å². The van der Waals surface area contributed by atoms with Gasteiger partial charge in [-0.2, -0.15) is 65.9 Å². The lowest BCUT2D eigenvalue weighted by molar-refractivity contribution is -0.477. The molecule has 1 aliphatic heterocycles. The fourth-order valence-corrected chi connectivity index (χ4v) is 3.13. The monoisotopic (exact) mass is 566 g/mol. The highest BCUT2D eigenvalue weighted by atomic mass is 19.4. The summed E-state index contributed by atoms with van der Waals surface area (Å²) < 4.78 is 249. The number of hydrogen-bond donors (Lipinski definition) is 0. The van der Waals surface area contributed by atoms with Gasteiger partial charge in [-0.25, -0.2) is 13.2 Å². The summed E-state index contributed by atoms with van der Waals surface area (Å²) in [6, 6.07) is 0. The van der Waals surface area contributed by atoms with Crippen LogP contribution < -0.4 is 0 Å². The van der Waals surface area contributed by atoms with Crippen LogP contribution in [0.15, 0.2) is 0 Å². The number of alkyl halides is 18. The molecular formula is C15H12F18O2. The summed E-state index contributed by atoms with van der Waals surface area (Å²) in [6.45, 7) is -2.69. The number of ether oxygens (including phenoxy) is 2. The van der Waals surface area contributed by atoms with Gasteiger partial charge in [0.15, 0.2) is 0 Å². The standard InChI is InChI=1S/C15H12F18O2/c1-2-7(3-34-4-7)5-35-10(18,15(31,32)33)6(8(16,11(19,20)21)12(22,23)24)9(17,13(25,26)27)14(28,29)30/h6H,2-5H2,1H3. The van der Waals surface area contributed by atoms with E-state index in [9.17, 15) is 74.6 Å². The van der Waals surface area contributed by atoms with Crippen LogP contribution in [0, 0.1) is 11.3 Å². The summed E-state index contributed by atoms with van der Waals surface area (Å²) in [5.74, 6) is -14.8. The van der Waals surface area contributed by atoms with Crippen LogP contribution >= 0.6 is 0 Å². The molecule has 0 saturated carbocycles. The first-order chi connectivity index (χ1) is 15.1. The molecule has 1 heterocycles. The van der Waals surface area contributed by atoms with Crippen LogP contribution in [-0.4, -0.2) is 67.9 Å². The van der Waals surface area contributed by atoms with Gasteiger partial charge in [-0.05, 0) is 6.42 Å². The molecule has 1 fully saturated rings. The maximum atomic E-state index is 15.0.